The standard InChI is InChI=1S/C20H37N3O4/c1-16(2)15-26-11-12-27-22-19(24)14-18(13-17-7-3-4-8-17)20(25)23-10-6-5-9-21-23/h16-18,21H,3-15H2,1-2H3,(H,22,24)/t18-/m1/s1. The maximum atomic E-state index is 12.9. The van der Waals surface area contributed by atoms with E-state index in [0.717, 1.165) is 32.4 Å². The molecule has 1 aliphatic heterocycles. The van der Waals surface area contributed by atoms with Gasteiger partial charge in [-0.1, -0.05) is 39.5 Å². The first kappa shape index (κ1) is 22.1. The molecule has 2 N–H and O–H groups in total. The third-order valence-corrected chi connectivity index (χ3v) is 5.22. The average Bonchev–Trinajstić information content (AvgIpc) is 3.17. The number of carbonyl (C=O) groups is 2. The van der Waals surface area contributed by atoms with Crippen molar-refractivity contribution in [2.75, 3.05) is 32.9 Å². The van der Waals surface area contributed by atoms with Crippen LogP contribution >= 0.6 is 0 Å². The summed E-state index contributed by atoms with van der Waals surface area (Å²) in [7, 11) is 0. The van der Waals surface area contributed by atoms with E-state index in [1.807, 2.05) is 0 Å². The first-order valence-electron chi connectivity index (χ1n) is 10.6. The molecule has 7 nitrogen and oxygen atoms in total. The fraction of sp³-hybridized carbons (Fsp3) is 0.900. The fourth-order valence-corrected chi connectivity index (χ4v) is 3.83. The van der Waals surface area contributed by atoms with Crippen LogP contribution in [-0.2, 0) is 19.2 Å². The van der Waals surface area contributed by atoms with Gasteiger partial charge in [-0.3, -0.25) is 19.4 Å². The lowest BCUT2D eigenvalue weighted by Gasteiger charge is -2.31. The average molecular weight is 384 g/mol. The highest BCUT2D eigenvalue weighted by Crippen LogP contribution is 2.32. The molecule has 7 heteroatoms. The summed E-state index contributed by atoms with van der Waals surface area (Å²) in [6, 6.07) is 0. The van der Waals surface area contributed by atoms with Crippen molar-refractivity contribution >= 4 is 11.8 Å². The summed E-state index contributed by atoms with van der Waals surface area (Å²) in [4.78, 5) is 30.4. The lowest BCUT2D eigenvalue weighted by molar-refractivity contribution is -0.146. The number of hydrogen-bond acceptors (Lipinski definition) is 5. The van der Waals surface area contributed by atoms with Crippen molar-refractivity contribution in [2.24, 2.45) is 17.8 Å². The second kappa shape index (κ2) is 12.3. The van der Waals surface area contributed by atoms with Crippen LogP contribution in [0.5, 0.6) is 0 Å². The minimum Gasteiger partial charge on any atom is -0.379 e. The highest BCUT2D eigenvalue weighted by molar-refractivity contribution is 5.85. The van der Waals surface area contributed by atoms with E-state index in [4.69, 9.17) is 9.57 Å². The molecule has 0 aromatic rings. The smallest absolute Gasteiger partial charge is 0.244 e. The lowest BCUT2D eigenvalue weighted by Crippen LogP contribution is -2.50. The molecule has 0 aromatic carbocycles. The third kappa shape index (κ3) is 8.58. The van der Waals surface area contributed by atoms with Crippen LogP contribution in [0.15, 0.2) is 0 Å². The number of hydrazine groups is 1. The molecule has 0 spiro atoms. The number of amides is 2. The Kier molecular flexibility index (Phi) is 10.1. The molecule has 2 rings (SSSR count). The molecule has 0 aromatic heterocycles. The van der Waals surface area contributed by atoms with Crippen molar-refractivity contribution in [3.05, 3.63) is 0 Å². The van der Waals surface area contributed by atoms with Crippen LogP contribution in [0.25, 0.3) is 0 Å². The Hall–Kier alpha value is -1.18. The molecule has 0 radical (unpaired) electrons. The Morgan fingerprint density at radius 3 is 2.59 bits per heavy atom. The zero-order chi connectivity index (χ0) is 19.5. The Balaban J connectivity index is 1.75. The molecule has 27 heavy (non-hydrogen) atoms. The topological polar surface area (TPSA) is 79.9 Å². The molecule has 1 heterocycles. The number of hydroxylamine groups is 1. The zero-order valence-electron chi connectivity index (χ0n) is 17.0. The van der Waals surface area contributed by atoms with E-state index in [-0.39, 0.29) is 24.2 Å². The van der Waals surface area contributed by atoms with Crippen LogP contribution in [0, 0.1) is 17.8 Å². The van der Waals surface area contributed by atoms with Gasteiger partial charge in [0.25, 0.3) is 0 Å². The number of nitrogens with one attached hydrogen (secondary N) is 2. The van der Waals surface area contributed by atoms with Gasteiger partial charge in [0, 0.05) is 32.0 Å². The van der Waals surface area contributed by atoms with E-state index in [0.29, 0.717) is 31.7 Å². The highest BCUT2D eigenvalue weighted by Gasteiger charge is 2.31. The van der Waals surface area contributed by atoms with Crippen molar-refractivity contribution < 1.29 is 19.2 Å². The predicted molar refractivity (Wildman–Crippen MR) is 103 cm³/mol. The van der Waals surface area contributed by atoms with Crippen molar-refractivity contribution in [3.8, 4) is 0 Å². The Bertz CT molecular complexity index is 447. The maximum Gasteiger partial charge on any atom is 0.244 e. The van der Waals surface area contributed by atoms with Crippen molar-refractivity contribution in [3.63, 3.8) is 0 Å². The first-order chi connectivity index (χ1) is 13.1. The Morgan fingerprint density at radius 1 is 1.15 bits per heavy atom. The minimum atomic E-state index is -0.278. The van der Waals surface area contributed by atoms with Crippen molar-refractivity contribution in [2.45, 2.75) is 65.2 Å². The van der Waals surface area contributed by atoms with E-state index in [1.165, 1.54) is 25.7 Å². The van der Waals surface area contributed by atoms with Crippen molar-refractivity contribution in [1.29, 1.82) is 0 Å². The summed E-state index contributed by atoms with van der Waals surface area (Å²) in [5.41, 5.74) is 5.65. The third-order valence-electron chi connectivity index (χ3n) is 5.22. The molecule has 1 aliphatic carbocycles. The zero-order valence-corrected chi connectivity index (χ0v) is 17.0. The quantitative estimate of drug-likeness (QED) is 0.423. The molecule has 156 valence electrons. The molecule has 2 amide bonds. The van der Waals surface area contributed by atoms with Crippen LogP contribution in [0.4, 0.5) is 0 Å². The van der Waals surface area contributed by atoms with Crippen LogP contribution in [0.3, 0.4) is 0 Å². The van der Waals surface area contributed by atoms with E-state index >= 15 is 0 Å². The summed E-state index contributed by atoms with van der Waals surface area (Å²) >= 11 is 0. The largest absolute Gasteiger partial charge is 0.379 e. The Labute approximate surface area is 163 Å². The van der Waals surface area contributed by atoms with Crippen LogP contribution < -0.4 is 10.9 Å². The summed E-state index contributed by atoms with van der Waals surface area (Å²) in [6.07, 6.45) is 7.89. The number of ether oxygens (including phenoxy) is 1. The van der Waals surface area contributed by atoms with Gasteiger partial charge >= 0.3 is 0 Å². The SMILES string of the molecule is CC(C)COCCONC(=O)C[C@@H](CC1CCCC1)C(=O)N1CCCCN1. The minimum absolute atomic E-state index is 0.0528. The molecule has 1 atom stereocenters. The van der Waals surface area contributed by atoms with Gasteiger partial charge in [-0.15, -0.1) is 0 Å². The van der Waals surface area contributed by atoms with Gasteiger partial charge in [0.05, 0.1) is 13.2 Å². The maximum absolute atomic E-state index is 12.9. The van der Waals surface area contributed by atoms with E-state index in [2.05, 4.69) is 24.8 Å². The summed E-state index contributed by atoms with van der Waals surface area (Å²) < 4.78 is 5.42. The Morgan fingerprint density at radius 2 is 1.93 bits per heavy atom. The molecule has 2 aliphatic rings. The number of nitrogens with zero attached hydrogens (tertiary/aromatic N) is 1. The number of rotatable bonds is 11. The van der Waals surface area contributed by atoms with Gasteiger partial charge in [0.1, 0.15) is 0 Å². The molecule has 0 unspecified atom stereocenters. The molecular formula is C20H37N3O4. The van der Waals surface area contributed by atoms with Gasteiger partial charge in [0.2, 0.25) is 11.8 Å². The van der Waals surface area contributed by atoms with Crippen molar-refractivity contribution in [1.82, 2.24) is 15.9 Å². The number of carbonyl (C=O) groups excluding carboxylic acids is 2. The first-order valence-corrected chi connectivity index (χ1v) is 10.6. The van der Waals surface area contributed by atoms with Gasteiger partial charge in [0.15, 0.2) is 0 Å². The fourth-order valence-electron chi connectivity index (χ4n) is 3.83. The second-order valence-electron chi connectivity index (χ2n) is 8.23. The normalized spacial score (nSPS) is 19.4. The monoisotopic (exact) mass is 383 g/mol. The summed E-state index contributed by atoms with van der Waals surface area (Å²) in [6.45, 7) is 7.16. The van der Waals surface area contributed by atoms with Gasteiger partial charge in [-0.25, -0.2) is 10.9 Å². The van der Waals surface area contributed by atoms with Crippen LogP contribution in [0.2, 0.25) is 0 Å². The summed E-state index contributed by atoms with van der Waals surface area (Å²) in [5, 5.41) is 1.72. The van der Waals surface area contributed by atoms with E-state index < -0.39 is 0 Å². The van der Waals surface area contributed by atoms with Gasteiger partial charge < -0.3 is 4.74 Å². The molecule has 1 saturated carbocycles. The number of hydrogen-bond donors (Lipinski definition) is 2. The molecular weight excluding hydrogens is 346 g/mol. The van der Waals surface area contributed by atoms with Crippen LogP contribution in [0.1, 0.15) is 65.2 Å². The van der Waals surface area contributed by atoms with Gasteiger partial charge in [-0.05, 0) is 31.1 Å². The predicted octanol–water partition coefficient (Wildman–Crippen LogP) is 2.42. The molecule has 1 saturated heterocycles. The van der Waals surface area contributed by atoms with Gasteiger partial charge in [-0.2, -0.15) is 0 Å². The molecule has 2 fully saturated rings. The summed E-state index contributed by atoms with van der Waals surface area (Å²) in [5.74, 6) is 0.580. The lowest BCUT2D eigenvalue weighted by atomic mass is 9.89. The highest BCUT2D eigenvalue weighted by atomic mass is 16.7. The van der Waals surface area contributed by atoms with E-state index in [1.54, 1.807) is 5.01 Å². The molecule has 0 bridgehead atoms. The van der Waals surface area contributed by atoms with E-state index in [9.17, 15) is 9.59 Å². The van der Waals surface area contributed by atoms with Crippen LogP contribution in [-0.4, -0.2) is 49.7 Å². The second-order valence-corrected chi connectivity index (χ2v) is 8.23.